The van der Waals surface area contributed by atoms with Crippen molar-refractivity contribution >= 4 is 5.91 Å². The smallest absolute Gasteiger partial charge is 0.238 e. The molecule has 5 nitrogen and oxygen atoms in total. The van der Waals surface area contributed by atoms with Crippen molar-refractivity contribution in [2.24, 2.45) is 5.84 Å². The Morgan fingerprint density at radius 2 is 1.86 bits per heavy atom. The highest BCUT2D eigenvalue weighted by Crippen LogP contribution is 2.13. The topological polar surface area (TPSA) is 61.6 Å². The summed E-state index contributed by atoms with van der Waals surface area (Å²) in [6.45, 7) is 6.20. The summed E-state index contributed by atoms with van der Waals surface area (Å²) in [5.74, 6) is 5.02. The molecule has 0 bridgehead atoms. The maximum Gasteiger partial charge on any atom is 0.238 e. The molecule has 0 heterocycles. The van der Waals surface area contributed by atoms with Gasteiger partial charge in [0, 0.05) is 6.54 Å². The first-order chi connectivity index (χ1) is 10.1. The molecule has 0 saturated heterocycles. The van der Waals surface area contributed by atoms with Gasteiger partial charge in [0.1, 0.15) is 0 Å². The Morgan fingerprint density at radius 1 is 1.19 bits per heavy atom. The van der Waals surface area contributed by atoms with Gasteiger partial charge in [0.05, 0.1) is 6.42 Å². The number of nitrogens with zero attached hydrogens (tertiary/aromatic N) is 2. The van der Waals surface area contributed by atoms with E-state index in [1.807, 2.05) is 18.2 Å². The van der Waals surface area contributed by atoms with Crippen LogP contribution >= 0.6 is 0 Å². The Kier molecular flexibility index (Phi) is 7.97. The van der Waals surface area contributed by atoms with Crippen molar-refractivity contribution < 1.29 is 4.79 Å². The molecule has 1 rings (SSSR count). The van der Waals surface area contributed by atoms with Crippen molar-refractivity contribution in [3.8, 4) is 0 Å². The Balaban J connectivity index is 2.64. The van der Waals surface area contributed by atoms with Gasteiger partial charge in [0.2, 0.25) is 5.91 Å². The summed E-state index contributed by atoms with van der Waals surface area (Å²) in [5, 5.41) is 0. The van der Waals surface area contributed by atoms with Gasteiger partial charge < -0.3 is 4.90 Å². The lowest BCUT2D eigenvalue weighted by Gasteiger charge is -2.22. The van der Waals surface area contributed by atoms with Gasteiger partial charge in [-0.25, -0.2) is 5.84 Å². The number of nitrogens with one attached hydrogen (secondary N) is 1. The minimum Gasteiger partial charge on any atom is -0.309 e. The van der Waals surface area contributed by atoms with E-state index in [1.165, 1.54) is 5.56 Å². The first kappa shape index (κ1) is 17.6. The fraction of sp³-hybridized carbons (Fsp3) is 0.562. The summed E-state index contributed by atoms with van der Waals surface area (Å²) >= 11 is 0. The highest BCUT2D eigenvalue weighted by atomic mass is 16.2. The molecule has 0 atom stereocenters. The van der Waals surface area contributed by atoms with Crippen molar-refractivity contribution in [1.82, 2.24) is 15.2 Å². The summed E-state index contributed by atoms with van der Waals surface area (Å²) in [7, 11) is 4.19. The van der Waals surface area contributed by atoms with Crippen LogP contribution in [0.15, 0.2) is 24.3 Å². The molecule has 0 radical (unpaired) electrons. The molecule has 118 valence electrons. The average Bonchev–Trinajstić information content (AvgIpc) is 2.47. The number of carbonyl (C=O) groups excluding carboxylic acids is 1. The van der Waals surface area contributed by atoms with Crippen molar-refractivity contribution in [3.05, 3.63) is 35.4 Å². The van der Waals surface area contributed by atoms with E-state index < -0.39 is 0 Å². The third-order valence-electron chi connectivity index (χ3n) is 3.55. The van der Waals surface area contributed by atoms with Crippen LogP contribution in [0.5, 0.6) is 0 Å². The molecule has 0 aliphatic heterocycles. The molecule has 1 aromatic carbocycles. The summed E-state index contributed by atoms with van der Waals surface area (Å²) < 4.78 is 0. The summed E-state index contributed by atoms with van der Waals surface area (Å²) in [5.41, 5.74) is 4.45. The van der Waals surface area contributed by atoms with E-state index in [4.69, 9.17) is 5.84 Å². The molecular formula is C16H28N4O. The lowest BCUT2D eigenvalue weighted by Crippen LogP contribution is -2.32. The second-order valence-corrected chi connectivity index (χ2v) is 5.54. The fourth-order valence-corrected chi connectivity index (χ4v) is 2.31. The molecule has 5 heteroatoms. The van der Waals surface area contributed by atoms with Crippen molar-refractivity contribution in [2.75, 3.05) is 33.7 Å². The first-order valence-electron chi connectivity index (χ1n) is 7.50. The number of carbonyl (C=O) groups is 1. The molecule has 1 amide bonds. The molecule has 0 saturated carbocycles. The van der Waals surface area contributed by atoms with Gasteiger partial charge in [-0.15, -0.1) is 0 Å². The Morgan fingerprint density at radius 3 is 2.43 bits per heavy atom. The second kappa shape index (κ2) is 9.50. The largest absolute Gasteiger partial charge is 0.309 e. The Bertz CT molecular complexity index is 434. The normalized spacial score (nSPS) is 11.1. The monoisotopic (exact) mass is 292 g/mol. The minimum atomic E-state index is -0.155. The number of nitrogens with two attached hydrogens (primary N) is 1. The van der Waals surface area contributed by atoms with Gasteiger partial charge in [-0.05, 0) is 51.3 Å². The van der Waals surface area contributed by atoms with Crippen molar-refractivity contribution in [1.29, 1.82) is 0 Å². The predicted molar refractivity (Wildman–Crippen MR) is 86.6 cm³/mol. The van der Waals surface area contributed by atoms with Crippen LogP contribution in [-0.4, -0.2) is 49.4 Å². The number of hydrogen-bond acceptors (Lipinski definition) is 4. The van der Waals surface area contributed by atoms with Crippen LogP contribution in [0.2, 0.25) is 0 Å². The summed E-state index contributed by atoms with van der Waals surface area (Å²) in [6, 6.07) is 8.07. The van der Waals surface area contributed by atoms with Crippen LogP contribution in [0.1, 0.15) is 24.5 Å². The van der Waals surface area contributed by atoms with Crippen LogP contribution in [0, 0.1) is 0 Å². The molecule has 3 N–H and O–H groups in total. The van der Waals surface area contributed by atoms with Gasteiger partial charge in [0.15, 0.2) is 0 Å². The quantitative estimate of drug-likeness (QED) is 0.405. The van der Waals surface area contributed by atoms with Crippen LogP contribution in [0.4, 0.5) is 0 Å². The van der Waals surface area contributed by atoms with E-state index in [-0.39, 0.29) is 5.91 Å². The third kappa shape index (κ3) is 6.71. The first-order valence-corrected chi connectivity index (χ1v) is 7.50. The molecule has 0 aliphatic rings. The van der Waals surface area contributed by atoms with Crippen LogP contribution in [-0.2, 0) is 17.8 Å². The zero-order valence-corrected chi connectivity index (χ0v) is 13.4. The molecule has 1 aromatic rings. The third-order valence-corrected chi connectivity index (χ3v) is 3.55. The lowest BCUT2D eigenvalue weighted by molar-refractivity contribution is -0.120. The molecule has 0 aromatic heterocycles. The number of rotatable bonds is 9. The predicted octanol–water partition coefficient (Wildman–Crippen LogP) is 0.993. The highest BCUT2D eigenvalue weighted by Gasteiger charge is 2.10. The standard InChI is InChI=1S/C16H28N4O/c1-4-20(11-7-10-19(2)3)13-15-9-6-5-8-14(15)12-16(21)18-17/h5-6,8-9H,4,7,10-13,17H2,1-3H3,(H,18,21). The summed E-state index contributed by atoms with van der Waals surface area (Å²) in [4.78, 5) is 16.1. The van der Waals surface area contributed by atoms with Gasteiger partial charge >= 0.3 is 0 Å². The molecule has 0 aliphatic carbocycles. The van der Waals surface area contributed by atoms with E-state index in [1.54, 1.807) is 0 Å². The SMILES string of the molecule is CCN(CCCN(C)C)Cc1ccccc1CC(=O)NN. The molecular weight excluding hydrogens is 264 g/mol. The lowest BCUT2D eigenvalue weighted by atomic mass is 10.0. The van der Waals surface area contributed by atoms with Gasteiger partial charge in [0.25, 0.3) is 0 Å². The van der Waals surface area contributed by atoms with E-state index in [0.717, 1.165) is 38.2 Å². The Hall–Kier alpha value is -1.43. The molecule has 0 unspecified atom stereocenters. The van der Waals surface area contributed by atoms with Crippen LogP contribution in [0.3, 0.4) is 0 Å². The van der Waals surface area contributed by atoms with E-state index in [9.17, 15) is 4.79 Å². The second-order valence-electron chi connectivity index (χ2n) is 5.54. The van der Waals surface area contributed by atoms with Gasteiger partial charge in [-0.2, -0.15) is 0 Å². The van der Waals surface area contributed by atoms with Crippen LogP contribution in [0.25, 0.3) is 0 Å². The zero-order valence-electron chi connectivity index (χ0n) is 13.4. The fourth-order valence-electron chi connectivity index (χ4n) is 2.31. The average molecular weight is 292 g/mol. The maximum atomic E-state index is 11.5. The molecule has 21 heavy (non-hydrogen) atoms. The van der Waals surface area contributed by atoms with Gasteiger partial charge in [-0.1, -0.05) is 31.2 Å². The number of benzene rings is 1. The summed E-state index contributed by atoms with van der Waals surface area (Å²) in [6.07, 6.45) is 1.48. The van der Waals surface area contributed by atoms with Crippen molar-refractivity contribution in [3.63, 3.8) is 0 Å². The van der Waals surface area contributed by atoms with Crippen molar-refractivity contribution in [2.45, 2.75) is 26.3 Å². The van der Waals surface area contributed by atoms with Crippen LogP contribution < -0.4 is 11.3 Å². The van der Waals surface area contributed by atoms with E-state index in [0.29, 0.717) is 6.42 Å². The zero-order chi connectivity index (χ0) is 15.7. The number of amides is 1. The number of hydrogen-bond donors (Lipinski definition) is 2. The van der Waals surface area contributed by atoms with Gasteiger partial charge in [-0.3, -0.25) is 15.1 Å². The minimum absolute atomic E-state index is 0.155. The highest BCUT2D eigenvalue weighted by molar-refractivity contribution is 5.78. The molecule has 0 fully saturated rings. The van der Waals surface area contributed by atoms with E-state index in [2.05, 4.69) is 42.3 Å². The Labute approximate surface area is 128 Å². The maximum absolute atomic E-state index is 11.5. The van der Waals surface area contributed by atoms with E-state index >= 15 is 0 Å². The molecule has 0 spiro atoms. The number of hydrazine groups is 1.